The number of rotatable bonds is 3. The van der Waals surface area contributed by atoms with Crippen molar-refractivity contribution < 1.29 is 0 Å². The van der Waals surface area contributed by atoms with Crippen molar-refractivity contribution in [1.29, 1.82) is 0 Å². The van der Waals surface area contributed by atoms with Gasteiger partial charge in [-0.05, 0) is 19.6 Å². The molecule has 0 rings (SSSR count). The Labute approximate surface area is 50.0 Å². The molecule has 0 nitrogen and oxygen atoms in total. The van der Waals surface area contributed by atoms with Crippen molar-refractivity contribution in [2.75, 3.05) is 12.0 Å². The van der Waals surface area contributed by atoms with Crippen LogP contribution in [-0.2, 0) is 0 Å². The predicted octanol–water partition coefficient (Wildman–Crippen LogP) is 2.13. The number of hydrogen-bond donors (Lipinski definition) is 0. The van der Waals surface area contributed by atoms with Crippen molar-refractivity contribution in [1.82, 2.24) is 0 Å². The van der Waals surface area contributed by atoms with E-state index in [4.69, 9.17) is 0 Å². The summed E-state index contributed by atoms with van der Waals surface area (Å²) in [7, 11) is 0. The monoisotopic (exact) mass is 115 g/mol. The van der Waals surface area contributed by atoms with E-state index in [0.29, 0.717) is 0 Å². The third kappa shape index (κ3) is 6.09. The fraction of sp³-hybridized carbons (Fsp3) is 0.500. The summed E-state index contributed by atoms with van der Waals surface area (Å²) >= 11 is 1.83. The van der Waals surface area contributed by atoms with Crippen LogP contribution >= 0.6 is 11.8 Å². The first kappa shape index (κ1) is 7.09. The van der Waals surface area contributed by atoms with Gasteiger partial charge in [-0.3, -0.25) is 0 Å². The van der Waals surface area contributed by atoms with Gasteiger partial charge in [0.05, 0.1) is 0 Å². The smallest absolute Gasteiger partial charge is 0.0110 e. The van der Waals surface area contributed by atoms with E-state index in [0.717, 1.165) is 12.2 Å². The van der Waals surface area contributed by atoms with Crippen LogP contribution in [0.15, 0.2) is 12.2 Å². The van der Waals surface area contributed by atoms with Crippen LogP contribution in [0.3, 0.4) is 0 Å². The van der Waals surface area contributed by atoms with Crippen LogP contribution in [0, 0.1) is 6.92 Å². The molecule has 7 heavy (non-hydrogen) atoms. The molecule has 1 radical (unpaired) electrons. The molecule has 0 fully saturated rings. The molecule has 0 amide bonds. The van der Waals surface area contributed by atoms with Gasteiger partial charge in [0.1, 0.15) is 0 Å². The van der Waals surface area contributed by atoms with E-state index in [-0.39, 0.29) is 0 Å². The van der Waals surface area contributed by atoms with Gasteiger partial charge >= 0.3 is 0 Å². The highest BCUT2D eigenvalue weighted by atomic mass is 32.2. The van der Waals surface area contributed by atoms with Crippen LogP contribution in [-0.4, -0.2) is 12.0 Å². The zero-order valence-corrected chi connectivity index (χ0v) is 5.50. The van der Waals surface area contributed by atoms with Gasteiger partial charge in [-0.25, -0.2) is 0 Å². The maximum atomic E-state index is 3.66. The first-order chi connectivity index (χ1) is 3.41. The Balaban J connectivity index is 2.78. The lowest BCUT2D eigenvalue weighted by molar-refractivity contribution is 1.39. The molecule has 0 bridgehead atoms. The van der Waals surface area contributed by atoms with Gasteiger partial charge in [0.2, 0.25) is 0 Å². The Morgan fingerprint density at radius 1 is 1.57 bits per heavy atom. The SMILES string of the molecule is [CH2]C/C=C/CSC. The molecule has 0 unspecified atom stereocenters. The minimum Gasteiger partial charge on any atom is -0.161 e. The molecule has 0 aromatic carbocycles. The zero-order valence-electron chi connectivity index (χ0n) is 4.68. The molecule has 0 spiro atoms. The summed E-state index contributed by atoms with van der Waals surface area (Å²) in [4.78, 5) is 0. The molecule has 0 heterocycles. The molecule has 0 aromatic heterocycles. The topological polar surface area (TPSA) is 0 Å². The highest BCUT2D eigenvalue weighted by molar-refractivity contribution is 7.98. The quantitative estimate of drug-likeness (QED) is 0.508. The number of thioether (sulfide) groups is 1. The normalized spacial score (nSPS) is 10.6. The van der Waals surface area contributed by atoms with E-state index in [1.807, 2.05) is 11.8 Å². The Kier molecular flexibility index (Phi) is 6.17. The van der Waals surface area contributed by atoms with Gasteiger partial charge in [-0.1, -0.05) is 12.2 Å². The molecular formula is C6H11S. The molecule has 0 aromatic rings. The molecule has 0 aliphatic carbocycles. The summed E-state index contributed by atoms with van der Waals surface area (Å²) in [5.74, 6) is 1.12. The van der Waals surface area contributed by atoms with Crippen LogP contribution in [0.4, 0.5) is 0 Å². The Morgan fingerprint density at radius 3 is 2.71 bits per heavy atom. The summed E-state index contributed by atoms with van der Waals surface area (Å²) < 4.78 is 0. The Bertz CT molecular complexity index is 48.1. The number of allylic oxidation sites excluding steroid dienone is 1. The lowest BCUT2D eigenvalue weighted by atomic mass is 10.4. The summed E-state index contributed by atoms with van der Waals surface area (Å²) in [6.45, 7) is 3.66. The summed E-state index contributed by atoms with van der Waals surface area (Å²) in [5, 5.41) is 0. The molecule has 0 aliphatic rings. The second kappa shape index (κ2) is 6.09. The van der Waals surface area contributed by atoms with Crippen LogP contribution in [0.1, 0.15) is 6.42 Å². The van der Waals surface area contributed by atoms with Gasteiger partial charge in [-0.15, -0.1) is 0 Å². The van der Waals surface area contributed by atoms with Gasteiger partial charge in [0.25, 0.3) is 0 Å². The van der Waals surface area contributed by atoms with Crippen molar-refractivity contribution in [3.8, 4) is 0 Å². The fourth-order valence-electron chi connectivity index (χ4n) is 0.282. The summed E-state index contributed by atoms with van der Waals surface area (Å²) in [6, 6.07) is 0. The third-order valence-corrected chi connectivity index (χ3v) is 1.12. The van der Waals surface area contributed by atoms with E-state index in [2.05, 4.69) is 25.3 Å². The van der Waals surface area contributed by atoms with E-state index < -0.39 is 0 Å². The third-order valence-electron chi connectivity index (χ3n) is 0.596. The number of hydrogen-bond acceptors (Lipinski definition) is 1. The minimum absolute atomic E-state index is 0.917. The van der Waals surface area contributed by atoms with Crippen molar-refractivity contribution in [2.45, 2.75) is 6.42 Å². The summed E-state index contributed by atoms with van der Waals surface area (Å²) in [5.41, 5.74) is 0. The van der Waals surface area contributed by atoms with Crippen LogP contribution in [0.2, 0.25) is 0 Å². The molecule has 0 saturated carbocycles. The molecule has 0 atom stereocenters. The van der Waals surface area contributed by atoms with E-state index >= 15 is 0 Å². The second-order valence-electron chi connectivity index (χ2n) is 1.22. The lowest BCUT2D eigenvalue weighted by Crippen LogP contribution is -1.63. The van der Waals surface area contributed by atoms with Gasteiger partial charge in [0, 0.05) is 5.75 Å². The Hall–Kier alpha value is 0.0900. The standard InChI is InChI=1S/C6H11S/c1-3-4-5-6-7-2/h4-5H,1,3,6H2,2H3/b5-4+. The van der Waals surface area contributed by atoms with Crippen molar-refractivity contribution in [3.63, 3.8) is 0 Å². The maximum absolute atomic E-state index is 3.66. The van der Waals surface area contributed by atoms with Crippen molar-refractivity contribution in [2.24, 2.45) is 0 Å². The van der Waals surface area contributed by atoms with E-state index in [1.165, 1.54) is 0 Å². The second-order valence-corrected chi connectivity index (χ2v) is 2.13. The first-order valence-electron chi connectivity index (χ1n) is 2.35. The van der Waals surface area contributed by atoms with Crippen molar-refractivity contribution >= 4 is 11.8 Å². The minimum atomic E-state index is 0.917. The van der Waals surface area contributed by atoms with Crippen LogP contribution in [0.5, 0.6) is 0 Å². The summed E-state index contributed by atoms with van der Waals surface area (Å²) in [6.07, 6.45) is 7.22. The molecular weight excluding hydrogens is 104 g/mol. The Morgan fingerprint density at radius 2 is 2.29 bits per heavy atom. The van der Waals surface area contributed by atoms with Gasteiger partial charge in [0.15, 0.2) is 0 Å². The van der Waals surface area contributed by atoms with E-state index in [9.17, 15) is 0 Å². The highest BCUT2D eigenvalue weighted by Gasteiger charge is 1.67. The van der Waals surface area contributed by atoms with Crippen molar-refractivity contribution in [3.05, 3.63) is 19.1 Å². The lowest BCUT2D eigenvalue weighted by Gasteiger charge is -1.80. The van der Waals surface area contributed by atoms with Crippen LogP contribution < -0.4 is 0 Å². The molecule has 0 N–H and O–H groups in total. The first-order valence-corrected chi connectivity index (χ1v) is 3.74. The predicted molar refractivity (Wildman–Crippen MR) is 37.5 cm³/mol. The maximum Gasteiger partial charge on any atom is 0.0110 e. The zero-order chi connectivity index (χ0) is 5.54. The average molecular weight is 115 g/mol. The largest absolute Gasteiger partial charge is 0.161 e. The average Bonchev–Trinajstić information content (AvgIpc) is 1.69. The fourth-order valence-corrected chi connectivity index (χ4v) is 0.611. The molecule has 0 saturated heterocycles. The molecule has 1 heteroatoms. The van der Waals surface area contributed by atoms with Crippen LogP contribution in [0.25, 0.3) is 0 Å². The van der Waals surface area contributed by atoms with Gasteiger partial charge in [-0.2, -0.15) is 11.8 Å². The molecule has 41 valence electrons. The molecule has 0 aliphatic heterocycles. The van der Waals surface area contributed by atoms with E-state index in [1.54, 1.807) is 0 Å². The van der Waals surface area contributed by atoms with Gasteiger partial charge < -0.3 is 0 Å². The highest BCUT2D eigenvalue weighted by Crippen LogP contribution is 1.91.